The van der Waals surface area contributed by atoms with Crippen LogP contribution in [-0.4, -0.2) is 11.1 Å². The van der Waals surface area contributed by atoms with Gasteiger partial charge in [0.2, 0.25) is 0 Å². The Morgan fingerprint density at radius 3 is 2.00 bits per heavy atom. The maximum atomic E-state index is 10.4. The van der Waals surface area contributed by atoms with Crippen LogP contribution in [0.15, 0.2) is 0 Å². The summed E-state index contributed by atoms with van der Waals surface area (Å²) in [5, 5.41) is 8.54. The Bertz CT molecular complexity index is 108. The summed E-state index contributed by atoms with van der Waals surface area (Å²) in [5.74, 6) is -0.631. The number of hydrogen-bond donors (Lipinski definition) is 1. The standard InChI is InChI=1S/C7H12O2.Cu/c8-7(9)6-4-2-1-3-5-6;/h6H,1-5H2,(H,8,9);. The Morgan fingerprint density at radius 2 is 1.70 bits per heavy atom. The van der Waals surface area contributed by atoms with Gasteiger partial charge in [0.05, 0.1) is 5.92 Å². The first kappa shape index (κ1) is 9.99. The minimum absolute atomic E-state index is 0. The Hall–Kier alpha value is -0.0105. The number of carboxylic acids is 1. The van der Waals surface area contributed by atoms with E-state index in [1.807, 2.05) is 0 Å². The maximum absolute atomic E-state index is 10.4. The zero-order valence-corrected chi connectivity index (χ0v) is 6.71. The molecule has 0 saturated heterocycles. The van der Waals surface area contributed by atoms with Gasteiger partial charge in [0.25, 0.3) is 0 Å². The molecule has 1 rings (SSSR count). The summed E-state index contributed by atoms with van der Waals surface area (Å²) in [6.45, 7) is 0. The smallest absolute Gasteiger partial charge is 0.306 e. The number of carbonyl (C=O) groups is 1. The molecule has 0 atom stereocenters. The summed E-state index contributed by atoms with van der Waals surface area (Å²) in [5.41, 5.74) is 0. The van der Waals surface area contributed by atoms with E-state index in [0.29, 0.717) is 0 Å². The molecular weight excluding hydrogens is 180 g/mol. The topological polar surface area (TPSA) is 37.3 Å². The molecule has 1 radical (unpaired) electrons. The largest absolute Gasteiger partial charge is 0.481 e. The van der Waals surface area contributed by atoms with E-state index in [-0.39, 0.29) is 23.0 Å². The molecule has 1 N–H and O–H groups in total. The van der Waals surface area contributed by atoms with Crippen LogP contribution in [-0.2, 0) is 21.9 Å². The summed E-state index contributed by atoms with van der Waals surface area (Å²) < 4.78 is 0. The zero-order chi connectivity index (χ0) is 6.69. The molecule has 1 aliphatic rings. The van der Waals surface area contributed by atoms with E-state index in [0.717, 1.165) is 25.7 Å². The van der Waals surface area contributed by atoms with Crippen molar-refractivity contribution in [1.29, 1.82) is 0 Å². The van der Waals surface area contributed by atoms with Gasteiger partial charge in [-0.1, -0.05) is 19.3 Å². The van der Waals surface area contributed by atoms with E-state index in [4.69, 9.17) is 5.11 Å². The number of aliphatic carboxylic acids is 1. The van der Waals surface area contributed by atoms with Crippen LogP contribution < -0.4 is 0 Å². The van der Waals surface area contributed by atoms with Crippen molar-refractivity contribution in [1.82, 2.24) is 0 Å². The molecule has 1 aliphatic carbocycles. The van der Waals surface area contributed by atoms with Crippen LogP contribution in [0.1, 0.15) is 32.1 Å². The molecule has 0 amide bonds. The normalized spacial score (nSPS) is 19.6. The molecule has 0 unspecified atom stereocenters. The van der Waals surface area contributed by atoms with Gasteiger partial charge in [0.1, 0.15) is 0 Å². The van der Waals surface area contributed by atoms with Crippen molar-refractivity contribution in [2.75, 3.05) is 0 Å². The summed E-state index contributed by atoms with van der Waals surface area (Å²) >= 11 is 0. The average molecular weight is 192 g/mol. The second kappa shape index (κ2) is 4.75. The van der Waals surface area contributed by atoms with E-state index in [9.17, 15) is 4.79 Å². The quantitative estimate of drug-likeness (QED) is 0.640. The molecule has 0 spiro atoms. The molecule has 0 aliphatic heterocycles. The Morgan fingerprint density at radius 1 is 1.20 bits per heavy atom. The van der Waals surface area contributed by atoms with E-state index in [1.54, 1.807) is 0 Å². The number of hydrogen-bond acceptors (Lipinski definition) is 1. The van der Waals surface area contributed by atoms with Gasteiger partial charge in [-0.2, -0.15) is 0 Å². The third kappa shape index (κ3) is 2.72. The van der Waals surface area contributed by atoms with Crippen LogP contribution in [0.2, 0.25) is 0 Å². The van der Waals surface area contributed by atoms with Gasteiger partial charge in [-0.15, -0.1) is 0 Å². The molecule has 63 valence electrons. The third-order valence-electron chi connectivity index (χ3n) is 1.95. The Balaban J connectivity index is 0.000000810. The predicted octanol–water partition coefficient (Wildman–Crippen LogP) is 1.65. The van der Waals surface area contributed by atoms with Gasteiger partial charge in [-0.3, -0.25) is 4.79 Å². The molecule has 0 aromatic carbocycles. The van der Waals surface area contributed by atoms with E-state index in [2.05, 4.69) is 0 Å². The van der Waals surface area contributed by atoms with E-state index >= 15 is 0 Å². The molecule has 1 fully saturated rings. The summed E-state index contributed by atoms with van der Waals surface area (Å²) in [6, 6.07) is 0. The molecule has 2 nitrogen and oxygen atoms in total. The van der Waals surface area contributed by atoms with Crippen LogP contribution in [0, 0.1) is 5.92 Å². The molecule has 0 heterocycles. The van der Waals surface area contributed by atoms with Crippen molar-refractivity contribution in [3.63, 3.8) is 0 Å². The summed E-state index contributed by atoms with van der Waals surface area (Å²) in [7, 11) is 0. The first-order chi connectivity index (χ1) is 4.30. The van der Waals surface area contributed by atoms with Gasteiger partial charge in [0, 0.05) is 17.1 Å². The van der Waals surface area contributed by atoms with Gasteiger partial charge >= 0.3 is 5.97 Å². The fourth-order valence-electron chi connectivity index (χ4n) is 1.35. The van der Waals surface area contributed by atoms with Crippen LogP contribution in [0.25, 0.3) is 0 Å². The van der Waals surface area contributed by atoms with Crippen LogP contribution in [0.3, 0.4) is 0 Å². The second-order valence-electron chi connectivity index (χ2n) is 2.67. The minimum atomic E-state index is -0.602. The molecule has 10 heavy (non-hydrogen) atoms. The fourth-order valence-corrected chi connectivity index (χ4v) is 1.35. The first-order valence-electron chi connectivity index (χ1n) is 3.53. The monoisotopic (exact) mass is 191 g/mol. The number of rotatable bonds is 1. The molecule has 3 heteroatoms. The van der Waals surface area contributed by atoms with Crippen LogP contribution in [0.5, 0.6) is 0 Å². The minimum Gasteiger partial charge on any atom is -0.481 e. The zero-order valence-electron chi connectivity index (χ0n) is 5.77. The van der Waals surface area contributed by atoms with E-state index < -0.39 is 5.97 Å². The van der Waals surface area contributed by atoms with Crippen molar-refractivity contribution >= 4 is 5.97 Å². The van der Waals surface area contributed by atoms with Crippen LogP contribution >= 0.6 is 0 Å². The first-order valence-corrected chi connectivity index (χ1v) is 3.53. The van der Waals surface area contributed by atoms with Gasteiger partial charge < -0.3 is 5.11 Å². The number of carboxylic acid groups (broad SMARTS) is 1. The SMILES string of the molecule is O=C(O)C1CCCCC1.[Cu]. The van der Waals surface area contributed by atoms with Crippen LogP contribution in [0.4, 0.5) is 0 Å². The van der Waals surface area contributed by atoms with Crippen molar-refractivity contribution < 1.29 is 27.0 Å². The Kier molecular flexibility index (Phi) is 4.75. The second-order valence-corrected chi connectivity index (χ2v) is 2.67. The van der Waals surface area contributed by atoms with Crippen molar-refractivity contribution in [3.8, 4) is 0 Å². The Labute approximate surface area is 71.5 Å². The van der Waals surface area contributed by atoms with Gasteiger partial charge in [0.15, 0.2) is 0 Å². The predicted molar refractivity (Wildman–Crippen MR) is 34.2 cm³/mol. The summed E-state index contributed by atoms with van der Waals surface area (Å²) in [6.07, 6.45) is 5.24. The fraction of sp³-hybridized carbons (Fsp3) is 0.857. The van der Waals surface area contributed by atoms with Gasteiger partial charge in [-0.05, 0) is 12.8 Å². The molecule has 1 saturated carbocycles. The molecular formula is C7H12CuO2. The van der Waals surface area contributed by atoms with Crippen molar-refractivity contribution in [3.05, 3.63) is 0 Å². The van der Waals surface area contributed by atoms with E-state index in [1.165, 1.54) is 6.42 Å². The average Bonchev–Trinajstić information content (AvgIpc) is 1.90. The third-order valence-corrected chi connectivity index (χ3v) is 1.95. The van der Waals surface area contributed by atoms with Gasteiger partial charge in [-0.25, -0.2) is 0 Å². The maximum Gasteiger partial charge on any atom is 0.306 e. The summed E-state index contributed by atoms with van der Waals surface area (Å²) in [4.78, 5) is 10.4. The van der Waals surface area contributed by atoms with Crippen molar-refractivity contribution in [2.24, 2.45) is 5.92 Å². The molecule has 0 aromatic heterocycles. The molecule has 0 aromatic rings. The molecule has 0 bridgehead atoms. The van der Waals surface area contributed by atoms with Crippen molar-refractivity contribution in [2.45, 2.75) is 32.1 Å².